The van der Waals surface area contributed by atoms with E-state index in [-0.39, 0.29) is 11.9 Å². The van der Waals surface area contributed by atoms with Crippen molar-refractivity contribution in [3.05, 3.63) is 0 Å². The van der Waals surface area contributed by atoms with E-state index in [9.17, 15) is 9.90 Å². The fourth-order valence-electron chi connectivity index (χ4n) is 1.83. The fraction of sp³-hybridized carbons (Fsp3) is 0.909. The number of hydrogen-bond donors (Lipinski definition) is 3. The third-order valence-corrected chi connectivity index (χ3v) is 2.76. The van der Waals surface area contributed by atoms with E-state index in [0.29, 0.717) is 19.6 Å². The predicted octanol–water partition coefficient (Wildman–Crippen LogP) is -0.358. The molecule has 1 aliphatic heterocycles. The number of carbonyl (C=O) groups excluding carboxylic acids is 1. The Kier molecular flexibility index (Phi) is 6.37. The molecule has 2 atom stereocenters. The molecular formula is C11H22N2O3. The lowest BCUT2D eigenvalue weighted by Crippen LogP contribution is -2.43. The molecule has 5 heteroatoms. The van der Waals surface area contributed by atoms with Gasteiger partial charge < -0.3 is 20.5 Å². The lowest BCUT2D eigenvalue weighted by atomic mass is 10.1. The number of nitrogens with one attached hydrogen (secondary N) is 2. The molecule has 0 bridgehead atoms. The highest BCUT2D eigenvalue weighted by Crippen LogP contribution is 2.05. The van der Waals surface area contributed by atoms with Crippen LogP contribution >= 0.6 is 0 Å². The molecule has 16 heavy (non-hydrogen) atoms. The van der Waals surface area contributed by atoms with Crippen LogP contribution < -0.4 is 10.6 Å². The van der Waals surface area contributed by atoms with Crippen molar-refractivity contribution in [2.75, 3.05) is 26.8 Å². The maximum atomic E-state index is 11.6. The molecule has 5 nitrogen and oxygen atoms in total. The lowest BCUT2D eigenvalue weighted by molar-refractivity contribution is -0.122. The Morgan fingerprint density at radius 3 is 3.19 bits per heavy atom. The molecule has 0 radical (unpaired) electrons. The standard InChI is InChI=1S/C11H22N2O3/c1-16-8-9(14)5-7-12-10-4-2-3-6-13-11(10)15/h9-10,12,14H,2-8H2,1H3,(H,13,15). The zero-order valence-corrected chi connectivity index (χ0v) is 9.87. The maximum Gasteiger partial charge on any atom is 0.237 e. The van der Waals surface area contributed by atoms with Crippen molar-refractivity contribution < 1.29 is 14.6 Å². The van der Waals surface area contributed by atoms with Crippen LogP contribution in [0.15, 0.2) is 0 Å². The summed E-state index contributed by atoms with van der Waals surface area (Å²) < 4.78 is 4.83. The van der Waals surface area contributed by atoms with Gasteiger partial charge in [-0.2, -0.15) is 0 Å². The van der Waals surface area contributed by atoms with Crippen LogP contribution in [0.3, 0.4) is 0 Å². The molecule has 94 valence electrons. The molecule has 0 aromatic carbocycles. The predicted molar refractivity (Wildman–Crippen MR) is 61.2 cm³/mol. The molecule has 2 unspecified atom stereocenters. The van der Waals surface area contributed by atoms with Crippen LogP contribution in [0.4, 0.5) is 0 Å². The van der Waals surface area contributed by atoms with Gasteiger partial charge in [-0.15, -0.1) is 0 Å². The lowest BCUT2D eigenvalue weighted by Gasteiger charge is -2.16. The van der Waals surface area contributed by atoms with Crippen LogP contribution in [-0.2, 0) is 9.53 Å². The number of methoxy groups -OCH3 is 1. The van der Waals surface area contributed by atoms with Crippen molar-refractivity contribution in [2.45, 2.75) is 37.8 Å². The zero-order valence-electron chi connectivity index (χ0n) is 9.87. The van der Waals surface area contributed by atoms with E-state index in [2.05, 4.69) is 10.6 Å². The monoisotopic (exact) mass is 230 g/mol. The van der Waals surface area contributed by atoms with Gasteiger partial charge in [0.2, 0.25) is 5.91 Å². The highest BCUT2D eigenvalue weighted by atomic mass is 16.5. The highest BCUT2D eigenvalue weighted by Gasteiger charge is 2.19. The van der Waals surface area contributed by atoms with E-state index < -0.39 is 6.10 Å². The van der Waals surface area contributed by atoms with Gasteiger partial charge in [0.15, 0.2) is 0 Å². The Bertz CT molecular complexity index is 211. The van der Waals surface area contributed by atoms with Gasteiger partial charge >= 0.3 is 0 Å². The number of aliphatic hydroxyl groups is 1. The summed E-state index contributed by atoms with van der Waals surface area (Å²) in [5.74, 6) is 0.0822. The van der Waals surface area contributed by atoms with Gasteiger partial charge in [0.05, 0.1) is 18.8 Å². The molecule has 3 N–H and O–H groups in total. The summed E-state index contributed by atoms with van der Waals surface area (Å²) in [5, 5.41) is 15.5. The summed E-state index contributed by atoms with van der Waals surface area (Å²) >= 11 is 0. The summed E-state index contributed by atoms with van der Waals surface area (Å²) in [6.07, 6.45) is 3.16. The Hall–Kier alpha value is -0.650. The van der Waals surface area contributed by atoms with Crippen LogP contribution in [0, 0.1) is 0 Å². The van der Waals surface area contributed by atoms with Crippen molar-refractivity contribution in [2.24, 2.45) is 0 Å². The summed E-state index contributed by atoms with van der Waals surface area (Å²) in [6, 6.07) is -0.0998. The Morgan fingerprint density at radius 2 is 2.44 bits per heavy atom. The quantitative estimate of drug-likeness (QED) is 0.583. The second kappa shape index (κ2) is 7.60. The molecule has 0 aliphatic carbocycles. The molecule has 1 heterocycles. The first-order valence-corrected chi connectivity index (χ1v) is 5.92. The third-order valence-electron chi connectivity index (χ3n) is 2.76. The van der Waals surface area contributed by atoms with Gasteiger partial charge in [0.25, 0.3) is 0 Å². The number of ether oxygens (including phenoxy) is 1. The number of rotatable bonds is 6. The van der Waals surface area contributed by atoms with Crippen LogP contribution in [-0.4, -0.2) is 50.0 Å². The molecule has 0 aromatic rings. The smallest absolute Gasteiger partial charge is 0.237 e. The van der Waals surface area contributed by atoms with Crippen molar-refractivity contribution in [3.8, 4) is 0 Å². The van der Waals surface area contributed by atoms with E-state index in [1.807, 2.05) is 0 Å². The second-order valence-electron chi connectivity index (χ2n) is 4.19. The summed E-state index contributed by atoms with van der Waals surface area (Å²) in [7, 11) is 1.56. The average Bonchev–Trinajstić information content (AvgIpc) is 2.45. The van der Waals surface area contributed by atoms with Crippen LogP contribution in [0.25, 0.3) is 0 Å². The molecule has 0 spiro atoms. The minimum atomic E-state index is -0.452. The zero-order chi connectivity index (χ0) is 11.8. The maximum absolute atomic E-state index is 11.6. The third kappa shape index (κ3) is 4.92. The molecule has 1 aliphatic rings. The minimum Gasteiger partial charge on any atom is -0.391 e. The SMILES string of the molecule is COCC(O)CCNC1CCCCNC1=O. The van der Waals surface area contributed by atoms with Crippen LogP contribution in [0.2, 0.25) is 0 Å². The van der Waals surface area contributed by atoms with E-state index in [0.717, 1.165) is 25.8 Å². The first-order chi connectivity index (χ1) is 7.74. The largest absolute Gasteiger partial charge is 0.391 e. The van der Waals surface area contributed by atoms with Crippen molar-refractivity contribution in [1.82, 2.24) is 10.6 Å². The molecule has 1 amide bonds. The van der Waals surface area contributed by atoms with Crippen LogP contribution in [0.1, 0.15) is 25.7 Å². The van der Waals surface area contributed by atoms with Gasteiger partial charge in [-0.3, -0.25) is 4.79 Å². The molecular weight excluding hydrogens is 208 g/mol. The Balaban J connectivity index is 2.17. The van der Waals surface area contributed by atoms with Gasteiger partial charge in [-0.05, 0) is 32.2 Å². The molecule has 1 rings (SSSR count). The number of hydrogen-bond acceptors (Lipinski definition) is 4. The molecule has 1 saturated heterocycles. The normalized spacial score (nSPS) is 23.6. The second-order valence-corrected chi connectivity index (χ2v) is 4.19. The van der Waals surface area contributed by atoms with Gasteiger partial charge in [0, 0.05) is 13.7 Å². The van der Waals surface area contributed by atoms with E-state index in [1.165, 1.54) is 0 Å². The topological polar surface area (TPSA) is 70.6 Å². The summed E-state index contributed by atoms with van der Waals surface area (Å²) in [5.41, 5.74) is 0. The number of amides is 1. The van der Waals surface area contributed by atoms with Crippen molar-refractivity contribution in [1.29, 1.82) is 0 Å². The van der Waals surface area contributed by atoms with E-state index in [4.69, 9.17) is 4.74 Å². The van der Waals surface area contributed by atoms with Gasteiger partial charge in [0.1, 0.15) is 0 Å². The Morgan fingerprint density at radius 1 is 1.62 bits per heavy atom. The number of aliphatic hydroxyl groups excluding tert-OH is 1. The fourth-order valence-corrected chi connectivity index (χ4v) is 1.83. The van der Waals surface area contributed by atoms with E-state index >= 15 is 0 Å². The highest BCUT2D eigenvalue weighted by molar-refractivity contribution is 5.81. The summed E-state index contributed by atoms with van der Waals surface area (Å²) in [4.78, 5) is 11.6. The van der Waals surface area contributed by atoms with Crippen LogP contribution in [0.5, 0.6) is 0 Å². The molecule has 1 fully saturated rings. The van der Waals surface area contributed by atoms with Crippen molar-refractivity contribution in [3.63, 3.8) is 0 Å². The first kappa shape index (κ1) is 13.4. The Labute approximate surface area is 96.6 Å². The van der Waals surface area contributed by atoms with Gasteiger partial charge in [-0.25, -0.2) is 0 Å². The number of carbonyl (C=O) groups is 1. The molecule has 0 aromatic heterocycles. The first-order valence-electron chi connectivity index (χ1n) is 5.92. The average molecular weight is 230 g/mol. The minimum absolute atomic E-state index is 0.0822. The summed E-state index contributed by atoms with van der Waals surface area (Å²) in [6.45, 7) is 1.77. The van der Waals surface area contributed by atoms with E-state index in [1.54, 1.807) is 7.11 Å². The van der Waals surface area contributed by atoms with Gasteiger partial charge in [-0.1, -0.05) is 0 Å². The van der Waals surface area contributed by atoms with Crippen molar-refractivity contribution >= 4 is 5.91 Å². The molecule has 0 saturated carbocycles.